The van der Waals surface area contributed by atoms with E-state index in [2.05, 4.69) is 14.8 Å². The van der Waals surface area contributed by atoms with E-state index < -0.39 is 22.0 Å². The maximum atomic E-state index is 14.4. The Morgan fingerprint density at radius 2 is 1.88 bits per heavy atom. The average molecular weight is 726 g/mol. The maximum absolute atomic E-state index is 14.4. The number of hydrogen-bond acceptors (Lipinski definition) is 9. The molecule has 0 saturated heterocycles. The zero-order valence-electron chi connectivity index (χ0n) is 28.3. The van der Waals surface area contributed by atoms with E-state index in [0.717, 1.165) is 24.8 Å². The molecule has 2 heterocycles. The third kappa shape index (κ3) is 9.64. The number of anilines is 1. The highest BCUT2D eigenvalue weighted by atomic mass is 35.5. The number of aliphatic hydroxyl groups excluding tert-OH is 1. The normalized spacial score (nSPS) is 20.6. The van der Waals surface area contributed by atoms with Crippen molar-refractivity contribution in [3.8, 4) is 5.75 Å². The summed E-state index contributed by atoms with van der Waals surface area (Å²) in [7, 11) is -2.07. The van der Waals surface area contributed by atoms with E-state index in [4.69, 9.17) is 37.2 Å². The van der Waals surface area contributed by atoms with Crippen LogP contribution in [-0.4, -0.2) is 86.0 Å². The molecule has 4 rings (SSSR count). The van der Waals surface area contributed by atoms with Gasteiger partial charge in [0.15, 0.2) is 10.7 Å². The Hall–Kier alpha value is -2.87. The highest BCUT2D eigenvalue weighted by Gasteiger charge is 2.31. The van der Waals surface area contributed by atoms with Gasteiger partial charge in [0.1, 0.15) is 11.4 Å². The molecule has 3 aromatic rings. The summed E-state index contributed by atoms with van der Waals surface area (Å²) in [5, 5.41) is 15.0. The molecule has 1 aliphatic rings. The quantitative estimate of drug-likeness (QED) is 0.260. The fraction of sp³-hybridized carbons (Fsp3) is 0.529. The summed E-state index contributed by atoms with van der Waals surface area (Å²) in [5.41, 5.74) is 1.59. The van der Waals surface area contributed by atoms with Crippen molar-refractivity contribution < 1.29 is 32.3 Å². The molecule has 2 aromatic carbocycles. The van der Waals surface area contributed by atoms with Crippen molar-refractivity contribution in [2.24, 2.45) is 5.92 Å². The number of carbonyl (C=O) groups is 1. The molecule has 0 fully saturated rings. The Morgan fingerprint density at radius 1 is 1.12 bits per heavy atom. The number of ether oxygens (including phenoxy) is 2. The van der Waals surface area contributed by atoms with Gasteiger partial charge in [0.25, 0.3) is 15.9 Å². The summed E-state index contributed by atoms with van der Waals surface area (Å²) in [6.07, 6.45) is 1.96. The molecule has 4 atom stereocenters. The Morgan fingerprint density at radius 3 is 2.54 bits per heavy atom. The number of aromatic nitrogens is 1. The fourth-order valence-electron chi connectivity index (χ4n) is 5.83. The van der Waals surface area contributed by atoms with E-state index in [1.54, 1.807) is 36.9 Å². The Kier molecular flexibility index (Phi) is 13.2. The first-order valence-electron chi connectivity index (χ1n) is 16.1. The summed E-state index contributed by atoms with van der Waals surface area (Å²) in [4.78, 5) is 18.1. The number of likely N-dealkylation sites (N-methyl/N-ethyl adjacent to an activating group) is 1. The number of nitrogens with one attached hydrogen (secondary N) is 1. The molecular formula is C34H46Cl2N4O7S. The molecule has 0 saturated carbocycles. The number of sulfonamides is 1. The second-order valence-corrected chi connectivity index (χ2v) is 15.1. The van der Waals surface area contributed by atoms with Crippen LogP contribution in [0.2, 0.25) is 10.0 Å². The van der Waals surface area contributed by atoms with E-state index in [9.17, 15) is 18.3 Å². The molecule has 0 radical (unpaired) electrons. The summed E-state index contributed by atoms with van der Waals surface area (Å²) in [6.45, 7) is 10.6. The van der Waals surface area contributed by atoms with Gasteiger partial charge in [0, 0.05) is 37.8 Å². The Labute approximate surface area is 293 Å². The summed E-state index contributed by atoms with van der Waals surface area (Å²) < 4.78 is 47.0. The molecule has 11 nitrogen and oxygen atoms in total. The fourth-order valence-corrected chi connectivity index (χ4v) is 7.54. The largest absolute Gasteiger partial charge is 0.490 e. The van der Waals surface area contributed by atoms with Crippen molar-refractivity contribution in [2.45, 2.75) is 83.6 Å². The number of carbonyl (C=O) groups excluding carboxylic acids is 1. The minimum Gasteiger partial charge on any atom is -0.490 e. The van der Waals surface area contributed by atoms with Crippen LogP contribution < -0.4 is 9.46 Å². The van der Waals surface area contributed by atoms with Gasteiger partial charge in [-0.05, 0) is 89.9 Å². The molecule has 1 aliphatic heterocycles. The SMILES string of the molecule is Cc1noc(C)c1S(=O)(=O)Nc1ccc2c(c1)C(=O)N([C@@H](C)CO)C[C@@H](C)[C@@H](CN(C)Cc1ccc(Cl)c(Cl)c1)OCCCC[C@@H](C)O2. The summed E-state index contributed by atoms with van der Waals surface area (Å²) in [6, 6.07) is 9.68. The van der Waals surface area contributed by atoms with Crippen LogP contribution in [-0.2, 0) is 21.3 Å². The van der Waals surface area contributed by atoms with Gasteiger partial charge in [-0.15, -0.1) is 0 Å². The van der Waals surface area contributed by atoms with Gasteiger partial charge in [0.2, 0.25) is 0 Å². The lowest BCUT2D eigenvalue weighted by Gasteiger charge is -2.36. The summed E-state index contributed by atoms with van der Waals surface area (Å²) >= 11 is 12.4. The smallest absolute Gasteiger partial charge is 0.267 e. The third-order valence-electron chi connectivity index (χ3n) is 8.47. The molecule has 14 heteroatoms. The molecule has 1 aromatic heterocycles. The second-order valence-electron chi connectivity index (χ2n) is 12.7. The molecular weight excluding hydrogens is 679 g/mol. The number of aliphatic hydroxyl groups is 1. The number of aryl methyl sites for hydroxylation is 2. The minimum absolute atomic E-state index is 0.0571. The standard InChI is InChI=1S/C34H46Cl2N4O7S/c1-21-17-40(22(2)20-41)34(42)28-16-27(38-48(43,44)33-24(4)37-47-25(33)5)11-13-31(28)46-23(3)9-7-8-14-45-32(21)19-39(6)18-26-10-12-29(35)30(36)15-26/h10-13,15-16,21-23,32,38,41H,7-9,14,17-20H2,1-6H3/t21-,22+,23-,32-/m1/s1. The third-order valence-corrected chi connectivity index (χ3v) is 10.8. The van der Waals surface area contributed by atoms with Crippen LogP contribution in [0, 0.1) is 19.8 Å². The molecule has 0 aliphatic carbocycles. The number of fused-ring (bicyclic) bond motifs is 1. The number of benzene rings is 2. The topological polar surface area (TPSA) is 134 Å². The van der Waals surface area contributed by atoms with Gasteiger partial charge < -0.3 is 24.0 Å². The first-order chi connectivity index (χ1) is 22.7. The predicted molar refractivity (Wildman–Crippen MR) is 186 cm³/mol. The van der Waals surface area contributed by atoms with Crippen molar-refractivity contribution in [2.75, 3.05) is 38.1 Å². The second kappa shape index (κ2) is 16.7. The monoisotopic (exact) mass is 724 g/mol. The van der Waals surface area contributed by atoms with Crippen molar-refractivity contribution in [1.82, 2.24) is 15.0 Å². The number of nitrogens with zero attached hydrogens (tertiary/aromatic N) is 3. The van der Waals surface area contributed by atoms with Gasteiger partial charge in [-0.3, -0.25) is 14.4 Å². The lowest BCUT2D eigenvalue weighted by molar-refractivity contribution is -0.0177. The number of hydrogen-bond donors (Lipinski definition) is 2. The predicted octanol–water partition coefficient (Wildman–Crippen LogP) is 6.33. The Balaban J connectivity index is 1.65. The van der Waals surface area contributed by atoms with Gasteiger partial charge in [-0.25, -0.2) is 8.42 Å². The highest BCUT2D eigenvalue weighted by Crippen LogP contribution is 2.31. The van der Waals surface area contributed by atoms with E-state index in [1.807, 2.05) is 33.0 Å². The van der Waals surface area contributed by atoms with Crippen LogP contribution >= 0.6 is 23.2 Å². The molecule has 264 valence electrons. The van der Waals surface area contributed by atoms with Gasteiger partial charge >= 0.3 is 0 Å². The number of halogens is 2. The van der Waals surface area contributed by atoms with E-state index >= 15 is 0 Å². The zero-order chi connectivity index (χ0) is 35.2. The van der Waals surface area contributed by atoms with Crippen molar-refractivity contribution in [3.63, 3.8) is 0 Å². The van der Waals surface area contributed by atoms with Crippen LogP contribution in [0.15, 0.2) is 45.8 Å². The van der Waals surface area contributed by atoms with Crippen LogP contribution in [0.3, 0.4) is 0 Å². The number of amides is 1. The first kappa shape index (κ1) is 37.9. The molecule has 0 bridgehead atoms. The van der Waals surface area contributed by atoms with E-state index in [1.165, 1.54) is 13.0 Å². The van der Waals surface area contributed by atoms with Crippen LogP contribution in [0.5, 0.6) is 5.75 Å². The van der Waals surface area contributed by atoms with Crippen LogP contribution in [0.4, 0.5) is 5.69 Å². The van der Waals surface area contributed by atoms with Crippen LogP contribution in [0.1, 0.15) is 67.4 Å². The highest BCUT2D eigenvalue weighted by molar-refractivity contribution is 7.92. The van der Waals surface area contributed by atoms with Crippen molar-refractivity contribution in [3.05, 3.63) is 69.0 Å². The lowest BCUT2D eigenvalue weighted by atomic mass is 10.0. The van der Waals surface area contributed by atoms with Gasteiger partial charge in [-0.1, -0.05) is 41.3 Å². The Bertz CT molecular complexity index is 1650. The summed E-state index contributed by atoms with van der Waals surface area (Å²) in [5.74, 6) is -0.0414. The molecule has 48 heavy (non-hydrogen) atoms. The zero-order valence-corrected chi connectivity index (χ0v) is 30.7. The molecule has 0 spiro atoms. The van der Waals surface area contributed by atoms with Gasteiger partial charge in [-0.2, -0.15) is 0 Å². The first-order valence-corrected chi connectivity index (χ1v) is 18.4. The van der Waals surface area contributed by atoms with E-state index in [-0.39, 0.29) is 58.9 Å². The molecule has 2 N–H and O–H groups in total. The molecule has 1 amide bonds. The average Bonchev–Trinajstić information content (AvgIpc) is 3.38. The molecule has 0 unspecified atom stereocenters. The maximum Gasteiger partial charge on any atom is 0.267 e. The van der Waals surface area contributed by atoms with Crippen molar-refractivity contribution >= 4 is 44.8 Å². The van der Waals surface area contributed by atoms with Gasteiger partial charge in [0.05, 0.1) is 40.5 Å². The minimum atomic E-state index is -4.07. The van der Waals surface area contributed by atoms with Crippen molar-refractivity contribution in [1.29, 1.82) is 0 Å². The lowest BCUT2D eigenvalue weighted by Crippen LogP contribution is -2.47. The van der Waals surface area contributed by atoms with E-state index in [0.29, 0.717) is 35.5 Å². The van der Waals surface area contributed by atoms with Crippen LogP contribution in [0.25, 0.3) is 0 Å². The number of rotatable bonds is 9.